The Bertz CT molecular complexity index is 467. The van der Waals surface area contributed by atoms with Crippen molar-refractivity contribution in [2.75, 3.05) is 26.2 Å². The predicted octanol–water partition coefficient (Wildman–Crippen LogP) is 3.09. The molecule has 1 aliphatic heterocycles. The number of halogens is 1. The van der Waals surface area contributed by atoms with Gasteiger partial charge in [-0.1, -0.05) is 36.7 Å². The molecule has 4 nitrogen and oxygen atoms in total. The number of nitrogens with one attached hydrogen (secondary N) is 1. The van der Waals surface area contributed by atoms with Gasteiger partial charge in [0.15, 0.2) is 0 Å². The van der Waals surface area contributed by atoms with Crippen LogP contribution in [0.3, 0.4) is 0 Å². The Morgan fingerprint density at radius 2 is 2.29 bits per heavy atom. The fraction of sp³-hybridized carbons (Fsp3) is 0.562. The summed E-state index contributed by atoms with van der Waals surface area (Å²) in [5.74, 6) is 0. The van der Waals surface area contributed by atoms with Crippen molar-refractivity contribution in [2.24, 2.45) is 0 Å². The molecule has 0 aliphatic carbocycles. The summed E-state index contributed by atoms with van der Waals surface area (Å²) in [6.07, 6.45) is 2.65. The van der Waals surface area contributed by atoms with Crippen molar-refractivity contribution in [3.63, 3.8) is 0 Å². The van der Waals surface area contributed by atoms with E-state index < -0.39 is 0 Å². The Hall–Kier alpha value is -1.26. The number of carbonyl (C=O) groups is 1. The van der Waals surface area contributed by atoms with E-state index in [1.165, 1.54) is 6.42 Å². The van der Waals surface area contributed by atoms with E-state index in [1.807, 2.05) is 24.3 Å². The van der Waals surface area contributed by atoms with Crippen LogP contribution in [0.5, 0.6) is 0 Å². The average molecular weight is 311 g/mol. The number of likely N-dealkylation sites (tertiary alicyclic amines) is 1. The number of nitrogens with zero attached hydrogens (tertiary/aromatic N) is 1. The first-order valence-electron chi connectivity index (χ1n) is 7.58. The van der Waals surface area contributed by atoms with E-state index in [0.717, 1.165) is 25.1 Å². The number of benzene rings is 1. The SMILES string of the molecule is CCN1CCCC1CNC(=O)OCCc1ccccc1Cl. The molecule has 116 valence electrons. The molecule has 1 atom stereocenters. The van der Waals surface area contributed by atoms with Gasteiger partial charge < -0.3 is 10.1 Å². The highest BCUT2D eigenvalue weighted by Crippen LogP contribution is 2.16. The minimum absolute atomic E-state index is 0.343. The predicted molar refractivity (Wildman–Crippen MR) is 84.8 cm³/mol. The van der Waals surface area contributed by atoms with Crippen molar-refractivity contribution < 1.29 is 9.53 Å². The maximum atomic E-state index is 11.7. The van der Waals surface area contributed by atoms with Gasteiger partial charge in [-0.15, -0.1) is 0 Å². The zero-order valence-electron chi connectivity index (χ0n) is 12.5. The highest BCUT2D eigenvalue weighted by Gasteiger charge is 2.23. The molecule has 0 bridgehead atoms. The highest BCUT2D eigenvalue weighted by atomic mass is 35.5. The van der Waals surface area contributed by atoms with Gasteiger partial charge in [0, 0.05) is 24.0 Å². The lowest BCUT2D eigenvalue weighted by atomic mass is 10.2. The average Bonchev–Trinajstić information content (AvgIpc) is 2.94. The second-order valence-corrected chi connectivity index (χ2v) is 5.69. The zero-order valence-corrected chi connectivity index (χ0v) is 13.2. The van der Waals surface area contributed by atoms with Gasteiger partial charge in [-0.25, -0.2) is 4.79 Å². The maximum absolute atomic E-state index is 11.7. The first kappa shape index (κ1) is 16.1. The van der Waals surface area contributed by atoms with E-state index in [-0.39, 0.29) is 6.09 Å². The van der Waals surface area contributed by atoms with Gasteiger partial charge in [-0.05, 0) is 37.6 Å². The first-order chi connectivity index (χ1) is 10.2. The summed E-state index contributed by atoms with van der Waals surface area (Å²) in [5.41, 5.74) is 1.000. The second-order valence-electron chi connectivity index (χ2n) is 5.28. The van der Waals surface area contributed by atoms with Crippen molar-refractivity contribution >= 4 is 17.7 Å². The Labute approximate surface area is 131 Å². The molecule has 0 spiro atoms. The largest absolute Gasteiger partial charge is 0.449 e. The van der Waals surface area contributed by atoms with E-state index >= 15 is 0 Å². The molecule has 1 N–H and O–H groups in total. The van der Waals surface area contributed by atoms with Crippen LogP contribution in [0.1, 0.15) is 25.3 Å². The minimum Gasteiger partial charge on any atom is -0.449 e. The van der Waals surface area contributed by atoms with Crippen molar-refractivity contribution in [1.29, 1.82) is 0 Å². The minimum atomic E-state index is -0.343. The fourth-order valence-electron chi connectivity index (χ4n) is 2.75. The molecule has 1 fully saturated rings. The van der Waals surface area contributed by atoms with Crippen LogP contribution >= 0.6 is 11.6 Å². The zero-order chi connectivity index (χ0) is 15.1. The first-order valence-corrected chi connectivity index (χ1v) is 7.96. The van der Waals surface area contributed by atoms with Crippen LogP contribution in [-0.2, 0) is 11.2 Å². The van der Waals surface area contributed by atoms with Gasteiger partial charge >= 0.3 is 6.09 Å². The number of hydrogen-bond donors (Lipinski definition) is 1. The van der Waals surface area contributed by atoms with Crippen molar-refractivity contribution in [2.45, 2.75) is 32.2 Å². The lowest BCUT2D eigenvalue weighted by molar-refractivity contribution is 0.143. The molecule has 21 heavy (non-hydrogen) atoms. The maximum Gasteiger partial charge on any atom is 0.407 e. The van der Waals surface area contributed by atoms with Gasteiger partial charge in [0.1, 0.15) is 0 Å². The van der Waals surface area contributed by atoms with Crippen molar-refractivity contribution in [3.8, 4) is 0 Å². The van der Waals surface area contributed by atoms with E-state index in [9.17, 15) is 4.79 Å². The summed E-state index contributed by atoms with van der Waals surface area (Å²) in [5, 5.41) is 3.57. The molecule has 1 unspecified atom stereocenters. The third kappa shape index (κ3) is 4.90. The quantitative estimate of drug-likeness (QED) is 0.878. The molecule has 1 amide bonds. The van der Waals surface area contributed by atoms with Crippen LogP contribution in [0.2, 0.25) is 5.02 Å². The Balaban J connectivity index is 1.65. The third-order valence-electron chi connectivity index (χ3n) is 3.95. The number of rotatable bonds is 6. The molecule has 1 aromatic rings. The number of carbonyl (C=O) groups excluding carboxylic acids is 1. The number of amides is 1. The monoisotopic (exact) mass is 310 g/mol. The summed E-state index contributed by atoms with van der Waals surface area (Å²) in [4.78, 5) is 14.1. The van der Waals surface area contributed by atoms with E-state index in [1.54, 1.807) is 0 Å². The van der Waals surface area contributed by atoms with Crippen LogP contribution in [0.4, 0.5) is 4.79 Å². The topological polar surface area (TPSA) is 41.6 Å². The van der Waals surface area contributed by atoms with Crippen molar-refractivity contribution in [3.05, 3.63) is 34.9 Å². The van der Waals surface area contributed by atoms with Gasteiger partial charge in [-0.2, -0.15) is 0 Å². The normalized spacial score (nSPS) is 18.7. The Kier molecular flexibility index (Phi) is 6.33. The Morgan fingerprint density at radius 1 is 1.48 bits per heavy atom. The van der Waals surface area contributed by atoms with Gasteiger partial charge in [0.25, 0.3) is 0 Å². The standard InChI is InChI=1S/C16H23ClN2O2/c1-2-19-10-5-7-14(19)12-18-16(20)21-11-9-13-6-3-4-8-15(13)17/h3-4,6,8,14H,2,5,7,9-12H2,1H3,(H,18,20). The molecule has 1 heterocycles. The van der Waals surface area contributed by atoms with Crippen LogP contribution in [0.15, 0.2) is 24.3 Å². The second kappa shape index (κ2) is 8.25. The van der Waals surface area contributed by atoms with Crippen LogP contribution in [-0.4, -0.2) is 43.3 Å². The molecule has 0 aromatic heterocycles. The van der Waals surface area contributed by atoms with Crippen LogP contribution < -0.4 is 5.32 Å². The summed E-state index contributed by atoms with van der Waals surface area (Å²) in [7, 11) is 0. The molecule has 0 radical (unpaired) electrons. The van der Waals surface area contributed by atoms with Gasteiger partial charge in [-0.3, -0.25) is 4.90 Å². The molecule has 1 saturated heterocycles. The van der Waals surface area contributed by atoms with E-state index in [0.29, 0.717) is 30.6 Å². The van der Waals surface area contributed by atoms with Crippen LogP contribution in [0.25, 0.3) is 0 Å². The summed E-state index contributed by atoms with van der Waals surface area (Å²) < 4.78 is 5.20. The van der Waals surface area contributed by atoms with Crippen LogP contribution in [0, 0.1) is 0 Å². The molecule has 5 heteroatoms. The molecule has 1 aliphatic rings. The van der Waals surface area contributed by atoms with Gasteiger partial charge in [0.05, 0.1) is 6.61 Å². The van der Waals surface area contributed by atoms with E-state index in [2.05, 4.69) is 17.1 Å². The summed E-state index contributed by atoms with van der Waals surface area (Å²) >= 11 is 6.06. The smallest absolute Gasteiger partial charge is 0.407 e. The third-order valence-corrected chi connectivity index (χ3v) is 4.32. The molecule has 1 aromatic carbocycles. The van der Waals surface area contributed by atoms with Crippen molar-refractivity contribution in [1.82, 2.24) is 10.2 Å². The number of alkyl carbamates (subject to hydrolysis) is 1. The Morgan fingerprint density at radius 3 is 3.05 bits per heavy atom. The molecular weight excluding hydrogens is 288 g/mol. The summed E-state index contributed by atoms with van der Waals surface area (Å²) in [6, 6.07) is 8.06. The molecule has 2 rings (SSSR count). The van der Waals surface area contributed by atoms with E-state index in [4.69, 9.17) is 16.3 Å². The fourth-order valence-corrected chi connectivity index (χ4v) is 2.98. The lowest BCUT2D eigenvalue weighted by Crippen LogP contribution is -2.40. The summed E-state index contributed by atoms with van der Waals surface area (Å²) in [6.45, 7) is 5.33. The number of hydrogen-bond acceptors (Lipinski definition) is 3. The van der Waals surface area contributed by atoms with Gasteiger partial charge in [0.2, 0.25) is 0 Å². The lowest BCUT2D eigenvalue weighted by Gasteiger charge is -2.22. The molecular formula is C16H23ClN2O2. The highest BCUT2D eigenvalue weighted by molar-refractivity contribution is 6.31. The number of ether oxygens (including phenoxy) is 1. The molecule has 0 saturated carbocycles. The number of likely N-dealkylation sites (N-methyl/N-ethyl adjacent to an activating group) is 1.